The average Bonchev–Trinajstić information content (AvgIpc) is 2.32. The fourth-order valence-corrected chi connectivity index (χ4v) is 1.83. The van der Waals surface area contributed by atoms with Gasteiger partial charge in [0.2, 0.25) is 5.91 Å². The Morgan fingerprint density at radius 3 is 2.61 bits per heavy atom. The molecule has 1 amide bonds. The minimum absolute atomic E-state index is 0.0520. The van der Waals surface area contributed by atoms with Crippen molar-refractivity contribution in [2.45, 2.75) is 20.3 Å². The molecule has 1 unspecified atom stereocenters. The molecule has 0 aliphatic heterocycles. The fraction of sp³-hybridized carbons (Fsp3) is 0.500. The Kier molecular flexibility index (Phi) is 5.78. The van der Waals surface area contributed by atoms with Crippen LogP contribution < -0.4 is 11.1 Å². The Balaban J connectivity index is 2.42. The second kappa shape index (κ2) is 7.11. The van der Waals surface area contributed by atoms with Crippen LogP contribution in [0, 0.1) is 17.7 Å². The molecule has 0 saturated carbocycles. The Morgan fingerprint density at radius 2 is 2.06 bits per heavy atom. The molecule has 18 heavy (non-hydrogen) atoms. The zero-order chi connectivity index (χ0) is 13.5. The van der Waals surface area contributed by atoms with Crippen LogP contribution in [-0.2, 0) is 11.2 Å². The number of hydrogen-bond acceptors (Lipinski definition) is 2. The van der Waals surface area contributed by atoms with E-state index in [2.05, 4.69) is 5.32 Å². The molecular formula is C14H21FN2O. The molecule has 0 aromatic heterocycles. The Hall–Kier alpha value is -1.42. The topological polar surface area (TPSA) is 55.1 Å². The summed E-state index contributed by atoms with van der Waals surface area (Å²) in [6, 6.07) is 6.59. The number of amides is 1. The number of nitrogens with one attached hydrogen (secondary N) is 1. The van der Waals surface area contributed by atoms with Gasteiger partial charge in [0.15, 0.2) is 0 Å². The van der Waals surface area contributed by atoms with Crippen LogP contribution in [0.25, 0.3) is 0 Å². The highest BCUT2D eigenvalue weighted by molar-refractivity contribution is 5.79. The Morgan fingerprint density at radius 1 is 1.39 bits per heavy atom. The fourth-order valence-electron chi connectivity index (χ4n) is 1.83. The van der Waals surface area contributed by atoms with Gasteiger partial charge in [0.1, 0.15) is 5.82 Å². The van der Waals surface area contributed by atoms with E-state index in [0.717, 1.165) is 0 Å². The predicted octanol–water partition coefficient (Wildman–Crippen LogP) is 1.72. The van der Waals surface area contributed by atoms with Crippen molar-refractivity contribution in [3.63, 3.8) is 0 Å². The number of nitrogens with two attached hydrogens (primary N) is 1. The molecule has 0 aliphatic rings. The van der Waals surface area contributed by atoms with Crippen LogP contribution in [0.4, 0.5) is 4.39 Å². The van der Waals surface area contributed by atoms with Crippen LogP contribution in [0.2, 0.25) is 0 Å². The number of carbonyl (C=O) groups is 1. The van der Waals surface area contributed by atoms with Gasteiger partial charge in [0.25, 0.3) is 0 Å². The summed E-state index contributed by atoms with van der Waals surface area (Å²) in [4.78, 5) is 11.8. The maximum atomic E-state index is 13.3. The highest BCUT2D eigenvalue weighted by atomic mass is 19.1. The third kappa shape index (κ3) is 4.11. The van der Waals surface area contributed by atoms with Gasteiger partial charge in [-0.3, -0.25) is 4.79 Å². The smallest absolute Gasteiger partial charge is 0.224 e. The van der Waals surface area contributed by atoms with Crippen LogP contribution in [0.3, 0.4) is 0 Å². The van der Waals surface area contributed by atoms with Crippen LogP contribution in [0.5, 0.6) is 0 Å². The maximum absolute atomic E-state index is 13.3. The summed E-state index contributed by atoms with van der Waals surface area (Å²) in [5, 5.41) is 2.81. The van der Waals surface area contributed by atoms with Crippen LogP contribution in [-0.4, -0.2) is 19.0 Å². The second-order valence-corrected chi connectivity index (χ2v) is 4.72. The zero-order valence-corrected chi connectivity index (χ0v) is 10.9. The van der Waals surface area contributed by atoms with Gasteiger partial charge in [-0.1, -0.05) is 32.0 Å². The summed E-state index contributed by atoms with van der Waals surface area (Å²) < 4.78 is 13.3. The van der Waals surface area contributed by atoms with Crippen LogP contribution in [0.1, 0.15) is 19.4 Å². The predicted molar refractivity (Wildman–Crippen MR) is 70.5 cm³/mol. The molecule has 100 valence electrons. The van der Waals surface area contributed by atoms with Crippen LogP contribution in [0.15, 0.2) is 24.3 Å². The van der Waals surface area contributed by atoms with Gasteiger partial charge < -0.3 is 11.1 Å². The van der Waals surface area contributed by atoms with Gasteiger partial charge >= 0.3 is 0 Å². The van der Waals surface area contributed by atoms with Crippen molar-refractivity contribution in [3.8, 4) is 0 Å². The molecule has 3 nitrogen and oxygen atoms in total. The molecule has 0 aliphatic carbocycles. The standard InChI is InChI=1S/C14H21FN2O/c1-10(2)12(9-16)14(18)17-8-7-11-5-3-4-6-13(11)15/h3-6,10,12H,7-9,16H2,1-2H3,(H,17,18). The van der Waals surface area contributed by atoms with Crippen molar-refractivity contribution in [2.75, 3.05) is 13.1 Å². The van der Waals surface area contributed by atoms with Gasteiger partial charge in [-0.15, -0.1) is 0 Å². The highest BCUT2D eigenvalue weighted by Gasteiger charge is 2.19. The highest BCUT2D eigenvalue weighted by Crippen LogP contribution is 2.09. The number of halogens is 1. The van der Waals surface area contributed by atoms with E-state index in [9.17, 15) is 9.18 Å². The normalized spacial score (nSPS) is 12.5. The van der Waals surface area contributed by atoms with Gasteiger partial charge in [-0.05, 0) is 24.0 Å². The number of rotatable bonds is 6. The lowest BCUT2D eigenvalue weighted by molar-refractivity contribution is -0.125. The number of benzene rings is 1. The first-order valence-electron chi connectivity index (χ1n) is 6.27. The minimum atomic E-state index is -0.231. The van der Waals surface area contributed by atoms with E-state index < -0.39 is 0 Å². The largest absolute Gasteiger partial charge is 0.355 e. The first-order chi connectivity index (χ1) is 8.56. The molecule has 1 aromatic carbocycles. The van der Waals surface area contributed by atoms with Gasteiger partial charge in [0.05, 0.1) is 5.92 Å². The molecule has 0 fully saturated rings. The van der Waals surface area contributed by atoms with E-state index in [1.165, 1.54) is 6.07 Å². The van der Waals surface area contributed by atoms with E-state index in [1.54, 1.807) is 18.2 Å². The average molecular weight is 252 g/mol. The molecule has 0 saturated heterocycles. The molecule has 1 atom stereocenters. The van der Waals surface area contributed by atoms with Gasteiger partial charge in [-0.2, -0.15) is 0 Å². The third-order valence-corrected chi connectivity index (χ3v) is 3.05. The lowest BCUT2D eigenvalue weighted by Gasteiger charge is -2.18. The van der Waals surface area contributed by atoms with Crippen molar-refractivity contribution in [3.05, 3.63) is 35.6 Å². The molecule has 3 N–H and O–H groups in total. The molecule has 0 bridgehead atoms. The van der Waals surface area contributed by atoms with Crippen molar-refractivity contribution in [1.29, 1.82) is 0 Å². The lowest BCUT2D eigenvalue weighted by Crippen LogP contribution is -2.38. The molecule has 0 spiro atoms. The molecule has 4 heteroatoms. The molecular weight excluding hydrogens is 231 g/mol. The number of carbonyl (C=O) groups excluding carboxylic acids is 1. The van der Waals surface area contributed by atoms with Crippen molar-refractivity contribution < 1.29 is 9.18 Å². The van der Waals surface area contributed by atoms with E-state index >= 15 is 0 Å². The SMILES string of the molecule is CC(C)C(CN)C(=O)NCCc1ccccc1F. The quantitative estimate of drug-likeness (QED) is 0.810. The lowest BCUT2D eigenvalue weighted by atomic mass is 9.95. The second-order valence-electron chi connectivity index (χ2n) is 4.72. The first kappa shape index (κ1) is 14.6. The van der Waals surface area contributed by atoms with Crippen molar-refractivity contribution >= 4 is 5.91 Å². The maximum Gasteiger partial charge on any atom is 0.224 e. The molecule has 0 radical (unpaired) electrons. The van der Waals surface area contributed by atoms with E-state index in [4.69, 9.17) is 5.73 Å². The number of hydrogen-bond donors (Lipinski definition) is 2. The van der Waals surface area contributed by atoms with Gasteiger partial charge in [0, 0.05) is 13.1 Å². The van der Waals surface area contributed by atoms with Gasteiger partial charge in [-0.25, -0.2) is 4.39 Å². The summed E-state index contributed by atoms with van der Waals surface area (Å²) in [7, 11) is 0. The summed E-state index contributed by atoms with van der Waals surface area (Å²) in [5.74, 6) is -0.246. The summed E-state index contributed by atoms with van der Waals surface area (Å²) in [6.45, 7) is 4.70. The zero-order valence-electron chi connectivity index (χ0n) is 10.9. The third-order valence-electron chi connectivity index (χ3n) is 3.05. The Bertz CT molecular complexity index is 393. The minimum Gasteiger partial charge on any atom is -0.355 e. The first-order valence-corrected chi connectivity index (χ1v) is 6.27. The molecule has 1 rings (SSSR count). The molecule has 1 aromatic rings. The van der Waals surface area contributed by atoms with Crippen LogP contribution >= 0.6 is 0 Å². The van der Waals surface area contributed by atoms with Crippen molar-refractivity contribution in [2.24, 2.45) is 17.6 Å². The Labute approximate surface area is 108 Å². The summed E-state index contributed by atoms with van der Waals surface area (Å²) >= 11 is 0. The van der Waals surface area contributed by atoms with E-state index in [1.807, 2.05) is 13.8 Å². The summed E-state index contributed by atoms with van der Waals surface area (Å²) in [5.41, 5.74) is 6.18. The van der Waals surface area contributed by atoms with E-state index in [-0.39, 0.29) is 23.6 Å². The van der Waals surface area contributed by atoms with E-state index in [0.29, 0.717) is 25.1 Å². The van der Waals surface area contributed by atoms with Crippen molar-refractivity contribution in [1.82, 2.24) is 5.32 Å². The summed E-state index contributed by atoms with van der Waals surface area (Å²) in [6.07, 6.45) is 0.494. The molecule has 0 heterocycles. The monoisotopic (exact) mass is 252 g/mol.